The molecule has 0 saturated heterocycles. The van der Waals surface area contributed by atoms with Gasteiger partial charge in [-0.1, -0.05) is 0 Å². The standard InChI is InChI=1S/C10H10N4O/c1-9(5-10-3-2-4-15-10)6-13-14-7-11-12-8-14/h2-8H,1H3/b9-5-,13-6-. The Morgan fingerprint density at radius 2 is 2.27 bits per heavy atom. The average Bonchev–Trinajstić information content (AvgIpc) is 2.86. The van der Waals surface area contributed by atoms with E-state index in [4.69, 9.17) is 4.42 Å². The molecule has 0 N–H and O–H groups in total. The minimum absolute atomic E-state index is 0.808. The summed E-state index contributed by atoms with van der Waals surface area (Å²) in [6, 6.07) is 3.73. The maximum absolute atomic E-state index is 5.17. The lowest BCUT2D eigenvalue weighted by Gasteiger charge is -1.90. The summed E-state index contributed by atoms with van der Waals surface area (Å²) in [4.78, 5) is 0. The smallest absolute Gasteiger partial charge is 0.141 e. The topological polar surface area (TPSA) is 56.2 Å². The van der Waals surface area contributed by atoms with Crippen LogP contribution in [-0.4, -0.2) is 21.1 Å². The SMILES string of the molecule is CC(/C=N\n1cnnc1)=C/c1ccco1. The Balaban J connectivity index is 2.06. The van der Waals surface area contributed by atoms with Gasteiger partial charge in [0.05, 0.1) is 12.5 Å². The highest BCUT2D eigenvalue weighted by molar-refractivity contribution is 5.83. The maximum Gasteiger partial charge on any atom is 0.141 e. The van der Waals surface area contributed by atoms with Gasteiger partial charge in [-0.2, -0.15) is 5.10 Å². The zero-order valence-corrected chi connectivity index (χ0v) is 8.24. The fourth-order valence-corrected chi connectivity index (χ4v) is 1.05. The first-order valence-corrected chi connectivity index (χ1v) is 4.45. The summed E-state index contributed by atoms with van der Waals surface area (Å²) < 4.78 is 6.70. The van der Waals surface area contributed by atoms with Crippen molar-refractivity contribution in [1.29, 1.82) is 0 Å². The minimum Gasteiger partial charge on any atom is -0.465 e. The lowest BCUT2D eigenvalue weighted by Crippen LogP contribution is -1.85. The Hall–Kier alpha value is -2.17. The molecule has 15 heavy (non-hydrogen) atoms. The molecule has 0 spiro atoms. The summed E-state index contributed by atoms with van der Waals surface area (Å²) in [6.45, 7) is 1.94. The second kappa shape index (κ2) is 4.36. The molecule has 0 amide bonds. The van der Waals surface area contributed by atoms with E-state index in [-0.39, 0.29) is 0 Å². The third kappa shape index (κ3) is 2.63. The number of furan rings is 1. The normalized spacial score (nSPS) is 12.5. The first kappa shape index (κ1) is 9.39. The van der Waals surface area contributed by atoms with Crippen LogP contribution in [0.2, 0.25) is 0 Å². The number of rotatable bonds is 3. The third-order valence-electron chi connectivity index (χ3n) is 1.71. The predicted octanol–water partition coefficient (Wildman–Crippen LogP) is 1.81. The zero-order chi connectivity index (χ0) is 10.5. The fraction of sp³-hybridized carbons (Fsp3) is 0.100. The van der Waals surface area contributed by atoms with Crippen LogP contribution in [0.5, 0.6) is 0 Å². The lowest BCUT2D eigenvalue weighted by atomic mass is 10.3. The Morgan fingerprint density at radius 3 is 2.93 bits per heavy atom. The van der Waals surface area contributed by atoms with Crippen molar-refractivity contribution in [1.82, 2.24) is 14.9 Å². The van der Waals surface area contributed by atoms with Gasteiger partial charge < -0.3 is 4.42 Å². The predicted molar refractivity (Wildman–Crippen MR) is 56.3 cm³/mol. The van der Waals surface area contributed by atoms with Gasteiger partial charge in [-0.05, 0) is 30.7 Å². The monoisotopic (exact) mass is 202 g/mol. The van der Waals surface area contributed by atoms with Crippen molar-refractivity contribution in [2.45, 2.75) is 6.92 Å². The zero-order valence-electron chi connectivity index (χ0n) is 8.24. The molecule has 0 atom stereocenters. The van der Waals surface area contributed by atoms with Gasteiger partial charge in [-0.25, -0.2) is 4.68 Å². The maximum atomic E-state index is 5.17. The quantitative estimate of drug-likeness (QED) is 0.713. The van der Waals surface area contributed by atoms with Crippen molar-refractivity contribution >= 4 is 12.3 Å². The molecule has 0 aromatic carbocycles. The lowest BCUT2D eigenvalue weighted by molar-refractivity contribution is 0.557. The molecule has 0 unspecified atom stereocenters. The molecule has 2 aromatic heterocycles. The van der Waals surface area contributed by atoms with E-state index < -0.39 is 0 Å². The van der Waals surface area contributed by atoms with E-state index in [0.717, 1.165) is 11.3 Å². The summed E-state index contributed by atoms with van der Waals surface area (Å²) in [5.41, 5.74) is 0.985. The van der Waals surface area contributed by atoms with Crippen LogP contribution in [-0.2, 0) is 0 Å². The molecule has 0 radical (unpaired) electrons. The fourth-order valence-electron chi connectivity index (χ4n) is 1.05. The highest BCUT2D eigenvalue weighted by Crippen LogP contribution is 2.05. The van der Waals surface area contributed by atoms with Gasteiger partial charge in [0.15, 0.2) is 0 Å². The molecule has 5 nitrogen and oxygen atoms in total. The molecule has 2 rings (SSSR count). The van der Waals surface area contributed by atoms with Gasteiger partial charge in [0.25, 0.3) is 0 Å². The van der Waals surface area contributed by atoms with Crippen LogP contribution in [0.3, 0.4) is 0 Å². The molecule has 2 heterocycles. The van der Waals surface area contributed by atoms with Crippen molar-refractivity contribution in [3.05, 3.63) is 42.4 Å². The van der Waals surface area contributed by atoms with Crippen LogP contribution >= 0.6 is 0 Å². The van der Waals surface area contributed by atoms with Gasteiger partial charge >= 0.3 is 0 Å². The van der Waals surface area contributed by atoms with E-state index in [9.17, 15) is 0 Å². The van der Waals surface area contributed by atoms with Crippen molar-refractivity contribution in [2.24, 2.45) is 5.10 Å². The van der Waals surface area contributed by atoms with Gasteiger partial charge in [0.1, 0.15) is 18.4 Å². The van der Waals surface area contributed by atoms with Gasteiger partial charge in [0, 0.05) is 0 Å². The second-order valence-electron chi connectivity index (χ2n) is 2.99. The van der Waals surface area contributed by atoms with E-state index in [1.807, 2.05) is 25.1 Å². The van der Waals surface area contributed by atoms with Crippen LogP contribution < -0.4 is 0 Å². The molecule has 0 fully saturated rings. The largest absolute Gasteiger partial charge is 0.465 e. The van der Waals surface area contributed by atoms with E-state index in [1.54, 1.807) is 12.5 Å². The van der Waals surface area contributed by atoms with Gasteiger partial charge in [-0.15, -0.1) is 10.2 Å². The molecule has 0 saturated carbocycles. The molecule has 0 aliphatic rings. The van der Waals surface area contributed by atoms with Crippen LogP contribution in [0.4, 0.5) is 0 Å². The van der Waals surface area contributed by atoms with Crippen LogP contribution in [0, 0.1) is 0 Å². The Kier molecular flexibility index (Phi) is 2.73. The highest BCUT2D eigenvalue weighted by atomic mass is 16.3. The van der Waals surface area contributed by atoms with E-state index in [2.05, 4.69) is 15.3 Å². The summed E-state index contributed by atoms with van der Waals surface area (Å²) in [5.74, 6) is 0.808. The highest BCUT2D eigenvalue weighted by Gasteiger charge is 1.90. The van der Waals surface area contributed by atoms with Crippen molar-refractivity contribution in [2.75, 3.05) is 0 Å². The molecular weight excluding hydrogens is 192 g/mol. The summed E-state index contributed by atoms with van der Waals surface area (Å²) in [5, 5.41) is 11.4. The molecule has 0 aliphatic carbocycles. The number of hydrogen-bond donors (Lipinski definition) is 0. The van der Waals surface area contributed by atoms with Crippen LogP contribution in [0.15, 0.2) is 46.1 Å². The first-order valence-electron chi connectivity index (χ1n) is 4.45. The Bertz CT molecular complexity index is 454. The number of hydrogen-bond acceptors (Lipinski definition) is 4. The third-order valence-corrected chi connectivity index (χ3v) is 1.71. The number of aromatic nitrogens is 3. The average molecular weight is 202 g/mol. The van der Waals surface area contributed by atoms with Gasteiger partial charge in [-0.3, -0.25) is 0 Å². The summed E-state index contributed by atoms with van der Waals surface area (Å²) >= 11 is 0. The van der Waals surface area contributed by atoms with E-state index >= 15 is 0 Å². The molecular formula is C10H10N4O. The van der Waals surface area contributed by atoms with Crippen molar-refractivity contribution < 1.29 is 4.42 Å². The first-order chi connectivity index (χ1) is 7.34. The summed E-state index contributed by atoms with van der Waals surface area (Å²) in [6.07, 6.45) is 8.29. The van der Waals surface area contributed by atoms with Crippen molar-refractivity contribution in [3.8, 4) is 0 Å². The van der Waals surface area contributed by atoms with E-state index in [0.29, 0.717) is 0 Å². The molecule has 0 aliphatic heterocycles. The Morgan fingerprint density at radius 1 is 1.47 bits per heavy atom. The molecule has 2 aromatic rings. The second-order valence-corrected chi connectivity index (χ2v) is 2.99. The summed E-state index contributed by atoms with van der Waals surface area (Å²) in [7, 11) is 0. The molecule has 76 valence electrons. The van der Waals surface area contributed by atoms with E-state index in [1.165, 1.54) is 17.3 Å². The minimum atomic E-state index is 0.808. The van der Waals surface area contributed by atoms with Crippen LogP contribution in [0.1, 0.15) is 12.7 Å². The van der Waals surface area contributed by atoms with Crippen LogP contribution in [0.25, 0.3) is 6.08 Å². The molecule has 0 bridgehead atoms. The Labute approximate surface area is 86.7 Å². The number of nitrogens with zero attached hydrogens (tertiary/aromatic N) is 4. The number of allylic oxidation sites excluding steroid dienone is 1. The van der Waals surface area contributed by atoms with Crippen molar-refractivity contribution in [3.63, 3.8) is 0 Å². The van der Waals surface area contributed by atoms with Gasteiger partial charge in [0.2, 0.25) is 0 Å². The molecule has 5 heteroatoms.